The first-order valence-electron chi connectivity index (χ1n) is 6.25. The Morgan fingerprint density at radius 3 is 2.58 bits per heavy atom. The molecule has 1 aliphatic carbocycles. The number of hydrogen-bond donors (Lipinski definition) is 2. The SMILES string of the molecule is O=C(O)c1c(-c2ccccc2)c2c([nH]c1=O)CCC2. The second kappa shape index (κ2) is 4.39. The lowest BCUT2D eigenvalue weighted by atomic mass is 9.95. The smallest absolute Gasteiger partial charge is 0.341 e. The molecule has 2 N–H and O–H groups in total. The average Bonchev–Trinajstić information content (AvgIpc) is 2.85. The van der Waals surface area contributed by atoms with E-state index in [4.69, 9.17) is 0 Å². The lowest BCUT2D eigenvalue weighted by molar-refractivity contribution is 0.0695. The Balaban J connectivity index is 2.39. The van der Waals surface area contributed by atoms with Crippen LogP contribution in [-0.4, -0.2) is 16.1 Å². The topological polar surface area (TPSA) is 70.2 Å². The Kier molecular flexibility index (Phi) is 2.71. The molecule has 0 saturated carbocycles. The maximum Gasteiger partial charge on any atom is 0.341 e. The van der Waals surface area contributed by atoms with Crippen LogP contribution in [0.5, 0.6) is 0 Å². The summed E-state index contributed by atoms with van der Waals surface area (Å²) < 4.78 is 0. The van der Waals surface area contributed by atoms with Crippen molar-refractivity contribution in [3.05, 3.63) is 57.5 Å². The highest BCUT2D eigenvalue weighted by Gasteiger charge is 2.25. The number of carboxylic acid groups (broad SMARTS) is 1. The highest BCUT2D eigenvalue weighted by atomic mass is 16.4. The maximum atomic E-state index is 12.0. The van der Waals surface area contributed by atoms with E-state index in [1.165, 1.54) is 0 Å². The molecular weight excluding hydrogens is 242 g/mol. The van der Waals surface area contributed by atoms with Gasteiger partial charge in [-0.05, 0) is 30.4 Å². The van der Waals surface area contributed by atoms with Gasteiger partial charge in [-0.2, -0.15) is 0 Å². The Morgan fingerprint density at radius 2 is 1.89 bits per heavy atom. The first kappa shape index (κ1) is 11.7. The molecule has 1 aromatic carbocycles. The summed E-state index contributed by atoms with van der Waals surface area (Å²) in [7, 11) is 0. The van der Waals surface area contributed by atoms with E-state index in [2.05, 4.69) is 4.98 Å². The summed E-state index contributed by atoms with van der Waals surface area (Å²) >= 11 is 0. The molecule has 1 aromatic heterocycles. The van der Waals surface area contributed by atoms with Gasteiger partial charge in [0.25, 0.3) is 5.56 Å². The van der Waals surface area contributed by atoms with Crippen LogP contribution in [0.3, 0.4) is 0 Å². The summed E-state index contributed by atoms with van der Waals surface area (Å²) in [4.78, 5) is 26.1. The normalized spacial score (nSPS) is 13.3. The summed E-state index contributed by atoms with van der Waals surface area (Å²) in [5.41, 5.74) is 2.59. The van der Waals surface area contributed by atoms with Crippen molar-refractivity contribution in [2.45, 2.75) is 19.3 Å². The van der Waals surface area contributed by atoms with Crippen molar-refractivity contribution in [3.8, 4) is 11.1 Å². The molecule has 3 rings (SSSR count). The fourth-order valence-electron chi connectivity index (χ4n) is 2.75. The van der Waals surface area contributed by atoms with E-state index in [9.17, 15) is 14.7 Å². The molecule has 0 aliphatic heterocycles. The number of carbonyl (C=O) groups is 1. The average molecular weight is 255 g/mol. The maximum absolute atomic E-state index is 12.0. The number of nitrogens with one attached hydrogen (secondary N) is 1. The van der Waals surface area contributed by atoms with E-state index in [1.54, 1.807) is 0 Å². The zero-order valence-electron chi connectivity index (χ0n) is 10.3. The van der Waals surface area contributed by atoms with Crippen molar-refractivity contribution in [1.82, 2.24) is 4.98 Å². The number of carboxylic acids is 1. The molecule has 96 valence electrons. The second-order valence-corrected chi connectivity index (χ2v) is 4.69. The van der Waals surface area contributed by atoms with Gasteiger partial charge in [-0.3, -0.25) is 4.79 Å². The van der Waals surface area contributed by atoms with Crippen molar-refractivity contribution in [2.75, 3.05) is 0 Å². The Bertz CT molecular complexity index is 701. The molecule has 0 radical (unpaired) electrons. The minimum Gasteiger partial charge on any atom is -0.477 e. The predicted molar refractivity (Wildman–Crippen MR) is 71.5 cm³/mol. The summed E-state index contributed by atoms with van der Waals surface area (Å²) in [5.74, 6) is -1.17. The van der Waals surface area contributed by atoms with Gasteiger partial charge in [0.2, 0.25) is 0 Å². The van der Waals surface area contributed by atoms with Crippen LogP contribution in [0, 0.1) is 0 Å². The number of aromatic amines is 1. The minimum absolute atomic E-state index is 0.146. The van der Waals surface area contributed by atoms with E-state index in [1.807, 2.05) is 30.3 Å². The molecule has 4 heteroatoms. The van der Waals surface area contributed by atoms with Gasteiger partial charge in [-0.15, -0.1) is 0 Å². The van der Waals surface area contributed by atoms with Gasteiger partial charge in [0.15, 0.2) is 0 Å². The van der Waals surface area contributed by atoms with Gasteiger partial charge >= 0.3 is 5.97 Å². The number of fused-ring (bicyclic) bond motifs is 1. The number of rotatable bonds is 2. The number of pyridine rings is 1. The van der Waals surface area contributed by atoms with Crippen LogP contribution in [0.25, 0.3) is 11.1 Å². The van der Waals surface area contributed by atoms with Gasteiger partial charge in [0, 0.05) is 11.3 Å². The number of H-pyrrole nitrogens is 1. The quantitative estimate of drug-likeness (QED) is 0.864. The summed E-state index contributed by atoms with van der Waals surface area (Å²) in [6.45, 7) is 0. The van der Waals surface area contributed by atoms with E-state index in [0.29, 0.717) is 5.56 Å². The van der Waals surface area contributed by atoms with Gasteiger partial charge in [0.1, 0.15) is 5.56 Å². The third kappa shape index (κ3) is 1.85. The van der Waals surface area contributed by atoms with Crippen molar-refractivity contribution in [2.24, 2.45) is 0 Å². The second-order valence-electron chi connectivity index (χ2n) is 4.69. The molecule has 4 nitrogen and oxygen atoms in total. The molecule has 0 unspecified atom stereocenters. The third-order valence-corrected chi connectivity index (χ3v) is 3.54. The first-order valence-corrected chi connectivity index (χ1v) is 6.25. The van der Waals surface area contributed by atoms with E-state index >= 15 is 0 Å². The number of aryl methyl sites for hydroxylation is 1. The standard InChI is InChI=1S/C15H13NO3/c17-14-13(15(18)19)12(9-5-2-1-3-6-9)10-7-4-8-11(10)16-14/h1-3,5-6H,4,7-8H2,(H,16,17)(H,18,19). The first-order chi connectivity index (χ1) is 9.18. The van der Waals surface area contributed by atoms with Crippen molar-refractivity contribution >= 4 is 5.97 Å². The van der Waals surface area contributed by atoms with Crippen LogP contribution in [0.1, 0.15) is 28.0 Å². The van der Waals surface area contributed by atoms with Crippen LogP contribution in [-0.2, 0) is 12.8 Å². The van der Waals surface area contributed by atoms with E-state index in [0.717, 1.165) is 36.1 Å². The van der Waals surface area contributed by atoms with Crippen molar-refractivity contribution < 1.29 is 9.90 Å². The molecular formula is C15H13NO3. The Labute approximate surface area is 109 Å². The van der Waals surface area contributed by atoms with Gasteiger partial charge in [0.05, 0.1) is 0 Å². The Morgan fingerprint density at radius 1 is 1.16 bits per heavy atom. The van der Waals surface area contributed by atoms with E-state index in [-0.39, 0.29) is 5.56 Å². The van der Waals surface area contributed by atoms with Crippen LogP contribution in [0.15, 0.2) is 35.1 Å². The van der Waals surface area contributed by atoms with Crippen LogP contribution >= 0.6 is 0 Å². The summed E-state index contributed by atoms with van der Waals surface area (Å²) in [5, 5.41) is 9.32. The molecule has 2 aromatic rings. The van der Waals surface area contributed by atoms with Gasteiger partial charge in [-0.1, -0.05) is 30.3 Å². The highest BCUT2D eigenvalue weighted by molar-refractivity contribution is 5.96. The molecule has 0 saturated heterocycles. The molecule has 0 spiro atoms. The van der Waals surface area contributed by atoms with Crippen LogP contribution < -0.4 is 5.56 Å². The summed E-state index contributed by atoms with van der Waals surface area (Å²) in [6, 6.07) is 9.27. The van der Waals surface area contributed by atoms with Crippen molar-refractivity contribution in [1.29, 1.82) is 0 Å². The van der Waals surface area contributed by atoms with Crippen LogP contribution in [0.4, 0.5) is 0 Å². The lowest BCUT2D eigenvalue weighted by Crippen LogP contribution is -2.21. The molecule has 1 heterocycles. The number of aromatic carboxylic acids is 1. The highest BCUT2D eigenvalue weighted by Crippen LogP contribution is 2.32. The zero-order valence-corrected chi connectivity index (χ0v) is 10.3. The predicted octanol–water partition coefficient (Wildman–Crippen LogP) is 2.23. The number of benzene rings is 1. The van der Waals surface area contributed by atoms with Gasteiger partial charge in [-0.25, -0.2) is 4.79 Å². The zero-order chi connectivity index (χ0) is 13.4. The fraction of sp³-hybridized carbons (Fsp3) is 0.200. The molecule has 19 heavy (non-hydrogen) atoms. The molecule has 0 fully saturated rings. The van der Waals surface area contributed by atoms with Gasteiger partial charge < -0.3 is 10.1 Å². The molecule has 0 amide bonds. The van der Waals surface area contributed by atoms with Crippen molar-refractivity contribution in [3.63, 3.8) is 0 Å². The Hall–Kier alpha value is -2.36. The lowest BCUT2D eigenvalue weighted by Gasteiger charge is -2.11. The van der Waals surface area contributed by atoms with E-state index < -0.39 is 11.5 Å². The monoisotopic (exact) mass is 255 g/mol. The molecule has 0 atom stereocenters. The minimum atomic E-state index is -1.17. The molecule has 0 bridgehead atoms. The third-order valence-electron chi connectivity index (χ3n) is 3.54. The largest absolute Gasteiger partial charge is 0.477 e. The fourth-order valence-corrected chi connectivity index (χ4v) is 2.75. The summed E-state index contributed by atoms with van der Waals surface area (Å²) in [6.07, 6.45) is 2.58. The van der Waals surface area contributed by atoms with Crippen LogP contribution in [0.2, 0.25) is 0 Å². The molecule has 1 aliphatic rings. The number of aromatic nitrogens is 1. The number of hydrogen-bond acceptors (Lipinski definition) is 2.